The molecular formula is C27H46O7. The highest BCUT2D eigenvalue weighted by Crippen LogP contribution is 2.15. The lowest BCUT2D eigenvalue weighted by Crippen LogP contribution is -2.19. The molecule has 0 heterocycles. The van der Waals surface area contributed by atoms with Crippen LogP contribution in [0.4, 0.5) is 0 Å². The Kier molecular flexibility index (Phi) is 19.1. The molecule has 0 aromatic rings. The molecule has 0 aromatic carbocycles. The van der Waals surface area contributed by atoms with Gasteiger partial charge in [0.05, 0.1) is 25.0 Å². The summed E-state index contributed by atoms with van der Waals surface area (Å²) in [6.45, 7) is 8.13. The van der Waals surface area contributed by atoms with Crippen molar-refractivity contribution in [1.82, 2.24) is 0 Å². The lowest BCUT2D eigenvalue weighted by Gasteiger charge is -2.13. The Morgan fingerprint density at radius 2 is 0.853 bits per heavy atom. The number of hydrogen-bond donors (Lipinski definition) is 0. The summed E-state index contributed by atoms with van der Waals surface area (Å²) in [5, 5.41) is 0. The van der Waals surface area contributed by atoms with Gasteiger partial charge in [0.15, 0.2) is 0 Å². The van der Waals surface area contributed by atoms with Gasteiger partial charge in [0.1, 0.15) is 17.3 Å². The maximum atomic E-state index is 12.0. The number of hydrogen-bond acceptors (Lipinski definition) is 7. The van der Waals surface area contributed by atoms with E-state index in [1.54, 1.807) is 0 Å². The van der Waals surface area contributed by atoms with Crippen molar-refractivity contribution in [3.8, 4) is 0 Å². The Morgan fingerprint density at radius 1 is 0.529 bits per heavy atom. The van der Waals surface area contributed by atoms with Crippen LogP contribution in [0.3, 0.4) is 0 Å². The van der Waals surface area contributed by atoms with E-state index in [-0.39, 0.29) is 92.9 Å². The Bertz CT molecular complexity index is 574. The molecule has 2 atom stereocenters. The minimum atomic E-state index is -0.254. The molecule has 196 valence electrons. The van der Waals surface area contributed by atoms with E-state index in [1.807, 2.05) is 13.8 Å². The van der Waals surface area contributed by atoms with E-state index >= 15 is 0 Å². The molecule has 34 heavy (non-hydrogen) atoms. The summed E-state index contributed by atoms with van der Waals surface area (Å²) >= 11 is 0. The lowest BCUT2D eigenvalue weighted by molar-refractivity contribution is -0.150. The summed E-state index contributed by atoms with van der Waals surface area (Å²) < 4.78 is 10.4. The molecule has 0 aliphatic rings. The molecule has 0 saturated carbocycles. The maximum absolute atomic E-state index is 12.0. The highest BCUT2D eigenvalue weighted by molar-refractivity contribution is 5.89. The maximum Gasteiger partial charge on any atom is 0.308 e. The number of Topliss-reactive ketones (excluding diaryl/α,β-unsaturated/α-hetero) is 3. The quantitative estimate of drug-likeness (QED) is 0.186. The Balaban J connectivity index is 3.98. The van der Waals surface area contributed by atoms with Gasteiger partial charge in [0, 0.05) is 38.5 Å². The first-order valence-corrected chi connectivity index (χ1v) is 13.2. The molecule has 0 aliphatic heterocycles. The van der Waals surface area contributed by atoms with E-state index in [4.69, 9.17) is 9.47 Å². The molecular weight excluding hydrogens is 436 g/mol. The van der Waals surface area contributed by atoms with Crippen LogP contribution >= 0.6 is 0 Å². The van der Waals surface area contributed by atoms with Crippen LogP contribution in [0.25, 0.3) is 0 Å². The minimum Gasteiger partial charge on any atom is -0.465 e. The van der Waals surface area contributed by atoms with Crippen LogP contribution in [0.2, 0.25) is 0 Å². The number of carbonyl (C=O) groups excluding carboxylic acids is 5. The summed E-state index contributed by atoms with van der Waals surface area (Å²) in [5.74, 6) is -1.15. The standard InChI is InChI=1S/C27H46O7/c1-5-9-11-21(7-3)26(31)33-19-17-24(29)15-13-23(28)14-16-25(30)18-20-34-27(32)22(8-4)12-10-6-2/h21-22H,5-20H2,1-4H3/t21-,22-/m1/s1. The SMILES string of the molecule is CCCC[C@@H](CC)C(=O)OCCC(=O)CCC(=O)CCC(=O)CCOC(=O)[C@H](CC)CCCC. The fourth-order valence-electron chi connectivity index (χ4n) is 3.58. The zero-order valence-electron chi connectivity index (χ0n) is 21.8. The smallest absolute Gasteiger partial charge is 0.308 e. The molecule has 0 aliphatic carbocycles. The molecule has 0 aromatic heterocycles. The van der Waals surface area contributed by atoms with Gasteiger partial charge in [0.2, 0.25) is 0 Å². The van der Waals surface area contributed by atoms with E-state index in [0.29, 0.717) is 0 Å². The van der Waals surface area contributed by atoms with Crippen LogP contribution < -0.4 is 0 Å². The van der Waals surface area contributed by atoms with Crippen molar-refractivity contribution in [3.05, 3.63) is 0 Å². The zero-order chi connectivity index (χ0) is 25.8. The van der Waals surface area contributed by atoms with E-state index < -0.39 is 0 Å². The first-order valence-electron chi connectivity index (χ1n) is 13.2. The predicted molar refractivity (Wildman–Crippen MR) is 131 cm³/mol. The first kappa shape index (κ1) is 31.9. The molecule has 7 heteroatoms. The molecule has 0 radical (unpaired) electrons. The second kappa shape index (κ2) is 20.3. The van der Waals surface area contributed by atoms with Gasteiger partial charge in [-0.3, -0.25) is 24.0 Å². The van der Waals surface area contributed by atoms with Crippen molar-refractivity contribution in [2.24, 2.45) is 11.8 Å². The third-order valence-corrected chi connectivity index (χ3v) is 6.08. The van der Waals surface area contributed by atoms with Crippen LogP contribution in [0.15, 0.2) is 0 Å². The van der Waals surface area contributed by atoms with E-state index in [2.05, 4.69) is 13.8 Å². The average molecular weight is 483 g/mol. The summed E-state index contributed by atoms with van der Waals surface area (Å²) in [6.07, 6.45) is 7.58. The number of esters is 2. The second-order valence-electron chi connectivity index (χ2n) is 8.95. The molecule has 0 fully saturated rings. The van der Waals surface area contributed by atoms with Crippen molar-refractivity contribution in [3.63, 3.8) is 0 Å². The van der Waals surface area contributed by atoms with Gasteiger partial charge in [-0.15, -0.1) is 0 Å². The summed E-state index contributed by atoms with van der Waals surface area (Å²) in [5.41, 5.74) is 0. The predicted octanol–water partition coefficient (Wildman–Crippen LogP) is 5.55. The number of ketones is 3. The molecule has 0 amide bonds. The molecule has 0 spiro atoms. The van der Waals surface area contributed by atoms with Crippen molar-refractivity contribution in [1.29, 1.82) is 0 Å². The van der Waals surface area contributed by atoms with Gasteiger partial charge in [-0.25, -0.2) is 0 Å². The highest BCUT2D eigenvalue weighted by atomic mass is 16.5. The Hall–Kier alpha value is -2.05. The molecule has 0 bridgehead atoms. The first-order chi connectivity index (χ1) is 16.3. The van der Waals surface area contributed by atoms with Gasteiger partial charge in [-0.2, -0.15) is 0 Å². The monoisotopic (exact) mass is 482 g/mol. The molecule has 7 nitrogen and oxygen atoms in total. The van der Waals surface area contributed by atoms with Crippen LogP contribution in [0.1, 0.15) is 118 Å². The fraction of sp³-hybridized carbons (Fsp3) is 0.815. The molecule has 0 saturated heterocycles. The van der Waals surface area contributed by atoms with Gasteiger partial charge in [-0.05, 0) is 25.7 Å². The Labute approximate surface area is 205 Å². The largest absolute Gasteiger partial charge is 0.465 e. The molecule has 0 N–H and O–H groups in total. The van der Waals surface area contributed by atoms with Crippen molar-refractivity contribution in [2.45, 2.75) is 118 Å². The van der Waals surface area contributed by atoms with Gasteiger partial charge >= 0.3 is 11.9 Å². The summed E-state index contributed by atoms with van der Waals surface area (Å²) in [7, 11) is 0. The van der Waals surface area contributed by atoms with Crippen LogP contribution in [-0.2, 0) is 33.4 Å². The lowest BCUT2D eigenvalue weighted by atomic mass is 10.00. The van der Waals surface area contributed by atoms with Crippen molar-refractivity contribution >= 4 is 29.3 Å². The normalized spacial score (nSPS) is 12.6. The van der Waals surface area contributed by atoms with Crippen LogP contribution in [0, 0.1) is 11.8 Å². The average Bonchev–Trinajstić information content (AvgIpc) is 2.82. The third-order valence-electron chi connectivity index (χ3n) is 6.08. The van der Waals surface area contributed by atoms with Crippen LogP contribution in [0.5, 0.6) is 0 Å². The second-order valence-corrected chi connectivity index (χ2v) is 8.95. The summed E-state index contributed by atoms with van der Waals surface area (Å²) in [6, 6.07) is 0. The van der Waals surface area contributed by atoms with Gasteiger partial charge < -0.3 is 9.47 Å². The Morgan fingerprint density at radius 3 is 1.15 bits per heavy atom. The third kappa shape index (κ3) is 15.7. The van der Waals surface area contributed by atoms with E-state index in [9.17, 15) is 24.0 Å². The van der Waals surface area contributed by atoms with Crippen LogP contribution in [-0.4, -0.2) is 42.5 Å². The highest BCUT2D eigenvalue weighted by Gasteiger charge is 2.19. The van der Waals surface area contributed by atoms with Gasteiger partial charge in [-0.1, -0.05) is 53.4 Å². The number of unbranched alkanes of at least 4 members (excludes halogenated alkanes) is 2. The number of carbonyl (C=O) groups is 5. The summed E-state index contributed by atoms with van der Waals surface area (Å²) in [4.78, 5) is 60.0. The van der Waals surface area contributed by atoms with E-state index in [1.165, 1.54) is 0 Å². The zero-order valence-corrected chi connectivity index (χ0v) is 21.8. The molecule has 0 rings (SSSR count). The van der Waals surface area contributed by atoms with Crippen molar-refractivity contribution in [2.75, 3.05) is 13.2 Å². The molecule has 0 unspecified atom stereocenters. The minimum absolute atomic E-state index is 0.0447. The van der Waals surface area contributed by atoms with Crippen molar-refractivity contribution < 1.29 is 33.4 Å². The number of ether oxygens (including phenoxy) is 2. The number of rotatable bonds is 22. The van der Waals surface area contributed by atoms with Gasteiger partial charge in [0.25, 0.3) is 0 Å². The van der Waals surface area contributed by atoms with E-state index in [0.717, 1.165) is 51.4 Å². The topological polar surface area (TPSA) is 104 Å². The fourth-order valence-corrected chi connectivity index (χ4v) is 3.58.